The Kier molecular flexibility index (Phi) is 6.67. The standard InChI is InChI=1S/C16H20F3N5OS/c1-20-14(22-9-12-10-26-15(23-12)24(2)3)21-8-11-6-4-5-7-13(11)25-16(17,18)19/h4-7,10H,8-9H2,1-3H3,(H2,20,21,22). The summed E-state index contributed by atoms with van der Waals surface area (Å²) < 4.78 is 41.4. The van der Waals surface area contributed by atoms with Crippen molar-refractivity contribution >= 4 is 22.4 Å². The summed E-state index contributed by atoms with van der Waals surface area (Å²) in [5.74, 6) is 0.212. The molecule has 2 aromatic rings. The summed E-state index contributed by atoms with van der Waals surface area (Å²) >= 11 is 1.53. The monoisotopic (exact) mass is 387 g/mol. The zero-order valence-corrected chi connectivity index (χ0v) is 15.4. The minimum atomic E-state index is -4.73. The summed E-state index contributed by atoms with van der Waals surface area (Å²) in [4.78, 5) is 10.4. The minimum Gasteiger partial charge on any atom is -0.405 e. The van der Waals surface area contributed by atoms with Crippen molar-refractivity contribution < 1.29 is 17.9 Å². The number of halogens is 3. The van der Waals surface area contributed by atoms with Crippen LogP contribution in [-0.2, 0) is 13.1 Å². The zero-order chi connectivity index (χ0) is 19.2. The first-order chi connectivity index (χ1) is 12.3. The van der Waals surface area contributed by atoms with Crippen LogP contribution in [-0.4, -0.2) is 38.4 Å². The Labute approximate surface area is 153 Å². The highest BCUT2D eigenvalue weighted by atomic mass is 32.1. The number of guanidine groups is 1. The molecule has 1 heterocycles. The number of benzene rings is 1. The fourth-order valence-electron chi connectivity index (χ4n) is 2.03. The Bertz CT molecular complexity index is 745. The van der Waals surface area contributed by atoms with Gasteiger partial charge in [0.2, 0.25) is 0 Å². The molecule has 0 saturated heterocycles. The first-order valence-electron chi connectivity index (χ1n) is 7.68. The molecule has 0 aliphatic heterocycles. The maximum atomic E-state index is 12.5. The molecule has 0 spiro atoms. The van der Waals surface area contributed by atoms with E-state index in [-0.39, 0.29) is 12.3 Å². The SMILES string of the molecule is CN=C(NCc1csc(N(C)C)n1)NCc1ccccc1OC(F)(F)F. The average molecular weight is 387 g/mol. The molecule has 0 unspecified atom stereocenters. The number of hydrogen-bond donors (Lipinski definition) is 2. The van der Waals surface area contributed by atoms with Gasteiger partial charge in [-0.3, -0.25) is 4.99 Å². The van der Waals surface area contributed by atoms with Crippen molar-refractivity contribution in [2.45, 2.75) is 19.5 Å². The average Bonchev–Trinajstić information content (AvgIpc) is 3.04. The number of hydrogen-bond acceptors (Lipinski definition) is 5. The first-order valence-corrected chi connectivity index (χ1v) is 8.56. The Morgan fingerprint density at radius 1 is 1.23 bits per heavy atom. The van der Waals surface area contributed by atoms with E-state index < -0.39 is 6.36 Å². The number of thiazole rings is 1. The van der Waals surface area contributed by atoms with Gasteiger partial charge in [-0.1, -0.05) is 18.2 Å². The molecule has 0 amide bonds. The molecule has 0 atom stereocenters. The Morgan fingerprint density at radius 2 is 1.92 bits per heavy atom. The van der Waals surface area contributed by atoms with Gasteiger partial charge in [-0.05, 0) is 6.07 Å². The van der Waals surface area contributed by atoms with Crippen molar-refractivity contribution in [1.29, 1.82) is 0 Å². The Hall–Kier alpha value is -2.49. The maximum Gasteiger partial charge on any atom is 0.573 e. The quantitative estimate of drug-likeness (QED) is 0.590. The van der Waals surface area contributed by atoms with E-state index in [1.165, 1.54) is 23.5 Å². The lowest BCUT2D eigenvalue weighted by atomic mass is 10.2. The molecule has 1 aromatic carbocycles. The Morgan fingerprint density at radius 3 is 2.54 bits per heavy atom. The predicted molar refractivity (Wildman–Crippen MR) is 96.6 cm³/mol. The molecule has 0 saturated carbocycles. The summed E-state index contributed by atoms with van der Waals surface area (Å²) in [6.45, 7) is 0.580. The molecule has 142 valence electrons. The number of para-hydroxylation sites is 1. The molecule has 6 nitrogen and oxygen atoms in total. The number of anilines is 1. The number of nitrogens with zero attached hydrogens (tertiary/aromatic N) is 3. The molecular formula is C16H20F3N5OS. The van der Waals surface area contributed by atoms with E-state index in [0.717, 1.165) is 10.8 Å². The van der Waals surface area contributed by atoms with Gasteiger partial charge in [0, 0.05) is 38.6 Å². The second kappa shape index (κ2) is 8.75. The van der Waals surface area contributed by atoms with Crippen LogP contribution in [0.1, 0.15) is 11.3 Å². The van der Waals surface area contributed by atoms with Crippen LogP contribution in [0.4, 0.5) is 18.3 Å². The zero-order valence-electron chi connectivity index (χ0n) is 14.6. The van der Waals surface area contributed by atoms with Crippen molar-refractivity contribution in [3.63, 3.8) is 0 Å². The van der Waals surface area contributed by atoms with Gasteiger partial charge in [-0.25, -0.2) is 4.98 Å². The highest BCUT2D eigenvalue weighted by Gasteiger charge is 2.31. The van der Waals surface area contributed by atoms with Gasteiger partial charge in [-0.15, -0.1) is 24.5 Å². The van der Waals surface area contributed by atoms with Crippen molar-refractivity contribution in [2.24, 2.45) is 4.99 Å². The van der Waals surface area contributed by atoms with Crippen LogP contribution >= 0.6 is 11.3 Å². The molecule has 1 aromatic heterocycles. The maximum absolute atomic E-state index is 12.5. The molecule has 0 aliphatic rings. The molecule has 0 radical (unpaired) electrons. The predicted octanol–water partition coefficient (Wildman–Crippen LogP) is 2.97. The van der Waals surface area contributed by atoms with E-state index in [9.17, 15) is 13.2 Å². The lowest BCUT2D eigenvalue weighted by Crippen LogP contribution is -2.36. The normalized spacial score (nSPS) is 12.0. The van der Waals surface area contributed by atoms with Crippen molar-refractivity contribution in [3.8, 4) is 5.75 Å². The van der Waals surface area contributed by atoms with Gasteiger partial charge in [0.1, 0.15) is 5.75 Å². The fraction of sp³-hybridized carbons (Fsp3) is 0.375. The second-order valence-electron chi connectivity index (χ2n) is 5.45. The number of alkyl halides is 3. The lowest BCUT2D eigenvalue weighted by Gasteiger charge is -2.15. The van der Waals surface area contributed by atoms with Crippen molar-refractivity contribution in [3.05, 3.63) is 40.9 Å². The van der Waals surface area contributed by atoms with E-state index in [0.29, 0.717) is 18.1 Å². The molecule has 2 N–H and O–H groups in total. The van der Waals surface area contributed by atoms with Gasteiger partial charge >= 0.3 is 6.36 Å². The van der Waals surface area contributed by atoms with E-state index in [1.54, 1.807) is 19.2 Å². The van der Waals surface area contributed by atoms with E-state index in [4.69, 9.17) is 0 Å². The molecule has 2 rings (SSSR count). The van der Waals surface area contributed by atoms with Gasteiger partial charge < -0.3 is 20.3 Å². The first kappa shape index (κ1) is 19.8. The highest BCUT2D eigenvalue weighted by Crippen LogP contribution is 2.26. The van der Waals surface area contributed by atoms with Gasteiger partial charge in [0.15, 0.2) is 11.1 Å². The number of aliphatic imine (C=N–C) groups is 1. The number of nitrogens with one attached hydrogen (secondary N) is 2. The third kappa shape index (κ3) is 6.10. The molecular weight excluding hydrogens is 367 g/mol. The summed E-state index contributed by atoms with van der Waals surface area (Å²) in [5, 5.41) is 8.87. The summed E-state index contributed by atoms with van der Waals surface area (Å²) in [5.41, 5.74) is 1.22. The van der Waals surface area contributed by atoms with Crippen LogP contribution < -0.4 is 20.3 Å². The van der Waals surface area contributed by atoms with Crippen LogP contribution in [0.25, 0.3) is 0 Å². The lowest BCUT2D eigenvalue weighted by molar-refractivity contribution is -0.274. The topological polar surface area (TPSA) is 61.8 Å². The van der Waals surface area contributed by atoms with Crippen molar-refractivity contribution in [2.75, 3.05) is 26.0 Å². The molecule has 0 bridgehead atoms. The van der Waals surface area contributed by atoms with Gasteiger partial charge in [0.05, 0.1) is 12.2 Å². The smallest absolute Gasteiger partial charge is 0.405 e. The highest BCUT2D eigenvalue weighted by molar-refractivity contribution is 7.13. The van der Waals surface area contributed by atoms with Crippen LogP contribution in [0.15, 0.2) is 34.6 Å². The molecule has 0 aliphatic carbocycles. The van der Waals surface area contributed by atoms with Gasteiger partial charge in [-0.2, -0.15) is 0 Å². The third-order valence-corrected chi connectivity index (χ3v) is 4.28. The minimum absolute atomic E-state index is 0.131. The molecule has 0 fully saturated rings. The molecule has 26 heavy (non-hydrogen) atoms. The van der Waals surface area contributed by atoms with Crippen LogP contribution in [0.3, 0.4) is 0 Å². The van der Waals surface area contributed by atoms with E-state index >= 15 is 0 Å². The third-order valence-electron chi connectivity index (χ3n) is 3.23. The fourth-order valence-corrected chi connectivity index (χ4v) is 2.79. The van der Waals surface area contributed by atoms with Crippen molar-refractivity contribution in [1.82, 2.24) is 15.6 Å². The van der Waals surface area contributed by atoms with Crippen LogP contribution in [0.5, 0.6) is 5.75 Å². The second-order valence-corrected chi connectivity index (χ2v) is 6.29. The van der Waals surface area contributed by atoms with E-state index in [1.807, 2.05) is 24.4 Å². The number of ether oxygens (including phenoxy) is 1. The van der Waals surface area contributed by atoms with E-state index in [2.05, 4.69) is 25.3 Å². The number of rotatable bonds is 6. The summed E-state index contributed by atoms with van der Waals surface area (Å²) in [7, 11) is 5.41. The molecule has 10 heteroatoms. The number of aromatic nitrogens is 1. The largest absolute Gasteiger partial charge is 0.573 e. The van der Waals surface area contributed by atoms with Gasteiger partial charge in [0.25, 0.3) is 0 Å². The summed E-state index contributed by atoms with van der Waals surface area (Å²) in [6, 6.07) is 5.97. The summed E-state index contributed by atoms with van der Waals surface area (Å²) in [6.07, 6.45) is -4.73. The van der Waals surface area contributed by atoms with Crippen LogP contribution in [0, 0.1) is 0 Å². The Balaban J connectivity index is 1.93. The van der Waals surface area contributed by atoms with Crippen LogP contribution in [0.2, 0.25) is 0 Å².